The minimum absolute atomic E-state index is 0.170. The molecule has 3 aromatic rings. The molecular formula is C23H22FN5O2. The van der Waals surface area contributed by atoms with Crippen molar-refractivity contribution in [1.29, 1.82) is 5.26 Å². The Hall–Kier alpha value is -3.73. The van der Waals surface area contributed by atoms with Gasteiger partial charge in [0.2, 0.25) is 5.91 Å². The van der Waals surface area contributed by atoms with E-state index in [2.05, 4.69) is 26.7 Å². The van der Waals surface area contributed by atoms with Gasteiger partial charge in [-0.1, -0.05) is 31.0 Å². The molecule has 0 saturated heterocycles. The average molecular weight is 419 g/mol. The number of hydrogen-bond acceptors (Lipinski definition) is 4. The number of carbonyl (C=O) groups excluding carboxylic acids is 2. The van der Waals surface area contributed by atoms with E-state index in [0.29, 0.717) is 23.3 Å². The first-order chi connectivity index (χ1) is 14.9. The van der Waals surface area contributed by atoms with E-state index in [-0.39, 0.29) is 11.2 Å². The van der Waals surface area contributed by atoms with E-state index in [1.165, 1.54) is 12.3 Å². The highest BCUT2D eigenvalue weighted by Crippen LogP contribution is 2.34. The number of para-hydroxylation sites is 1. The molecule has 2 amide bonds. The second-order valence-electron chi connectivity index (χ2n) is 8.06. The van der Waals surface area contributed by atoms with Crippen molar-refractivity contribution in [3.05, 3.63) is 65.9 Å². The third-order valence-corrected chi connectivity index (χ3v) is 5.57. The summed E-state index contributed by atoms with van der Waals surface area (Å²) < 4.78 is 14.0. The van der Waals surface area contributed by atoms with E-state index in [4.69, 9.17) is 0 Å². The van der Waals surface area contributed by atoms with Crippen LogP contribution in [0.2, 0.25) is 0 Å². The number of halogens is 1. The van der Waals surface area contributed by atoms with Gasteiger partial charge in [-0.25, -0.2) is 4.39 Å². The first kappa shape index (κ1) is 20.5. The van der Waals surface area contributed by atoms with Crippen LogP contribution in [0.5, 0.6) is 0 Å². The number of nitrogens with zero attached hydrogens (tertiary/aromatic N) is 2. The monoisotopic (exact) mass is 419 g/mol. The molecule has 1 aliphatic carbocycles. The zero-order chi connectivity index (χ0) is 22.0. The molecule has 1 saturated carbocycles. The lowest BCUT2D eigenvalue weighted by Crippen LogP contribution is -2.52. The molecule has 2 aromatic heterocycles. The lowest BCUT2D eigenvalue weighted by Gasteiger charge is -2.27. The molecule has 0 bridgehead atoms. The first-order valence-electron chi connectivity index (χ1n) is 10.1. The summed E-state index contributed by atoms with van der Waals surface area (Å²) in [4.78, 5) is 32.7. The molecule has 1 aliphatic rings. The predicted molar refractivity (Wildman–Crippen MR) is 112 cm³/mol. The van der Waals surface area contributed by atoms with Crippen molar-refractivity contribution in [2.75, 3.05) is 0 Å². The topological polar surface area (TPSA) is 111 Å². The molecule has 2 atom stereocenters. The summed E-state index contributed by atoms with van der Waals surface area (Å²) in [5.74, 6) is -1.06. The van der Waals surface area contributed by atoms with Gasteiger partial charge in [-0.2, -0.15) is 5.26 Å². The molecule has 1 fully saturated rings. The molecule has 158 valence electrons. The minimum Gasteiger partial charge on any atom is -0.348 e. The van der Waals surface area contributed by atoms with Gasteiger partial charge in [0, 0.05) is 23.3 Å². The van der Waals surface area contributed by atoms with E-state index in [9.17, 15) is 19.2 Å². The second kappa shape index (κ2) is 8.19. The number of pyridine rings is 1. The standard InChI is InChI=1S/C23H22FN5O2/c1-23(13-25,16-5-3-9-26-12-16)29-22(31)18(10-14-7-8-14)28-21(30)19-11-15-4-2-6-17(24)20(15)27-19/h2-6,9,11-12,14,18,27H,7-8,10H2,1H3,(H,28,30)(H,29,31)/t18-,23?/m0/s1. The molecular weight excluding hydrogens is 397 g/mol. The largest absolute Gasteiger partial charge is 0.348 e. The third kappa shape index (κ3) is 4.40. The zero-order valence-electron chi connectivity index (χ0n) is 17.0. The Morgan fingerprint density at radius 2 is 2.16 bits per heavy atom. The number of H-pyrrole nitrogens is 1. The Kier molecular flexibility index (Phi) is 5.42. The molecule has 0 aliphatic heterocycles. The summed E-state index contributed by atoms with van der Waals surface area (Å²) >= 11 is 0. The number of aromatic amines is 1. The fraction of sp³-hybridized carbons (Fsp3) is 0.304. The highest BCUT2D eigenvalue weighted by atomic mass is 19.1. The smallest absolute Gasteiger partial charge is 0.268 e. The van der Waals surface area contributed by atoms with Crippen LogP contribution in [0.3, 0.4) is 0 Å². The van der Waals surface area contributed by atoms with Crippen molar-refractivity contribution in [3.63, 3.8) is 0 Å². The van der Waals surface area contributed by atoms with Gasteiger partial charge in [0.05, 0.1) is 11.6 Å². The van der Waals surface area contributed by atoms with Crippen molar-refractivity contribution in [2.24, 2.45) is 5.92 Å². The van der Waals surface area contributed by atoms with Gasteiger partial charge in [-0.15, -0.1) is 0 Å². The summed E-state index contributed by atoms with van der Waals surface area (Å²) in [5.41, 5.74) is -0.329. The van der Waals surface area contributed by atoms with E-state index >= 15 is 0 Å². The maximum absolute atomic E-state index is 14.0. The molecule has 0 radical (unpaired) electrons. The van der Waals surface area contributed by atoms with Gasteiger partial charge in [0.15, 0.2) is 5.54 Å². The summed E-state index contributed by atoms with van der Waals surface area (Å²) in [6.07, 6.45) is 5.57. The van der Waals surface area contributed by atoms with Crippen molar-refractivity contribution in [1.82, 2.24) is 20.6 Å². The Balaban J connectivity index is 1.53. The molecule has 1 aromatic carbocycles. The molecule has 4 rings (SSSR count). The number of amides is 2. The van der Waals surface area contributed by atoms with Gasteiger partial charge in [0.25, 0.3) is 5.91 Å². The Morgan fingerprint density at radius 1 is 1.35 bits per heavy atom. The molecule has 31 heavy (non-hydrogen) atoms. The van der Waals surface area contributed by atoms with Crippen LogP contribution in [0.4, 0.5) is 4.39 Å². The highest BCUT2D eigenvalue weighted by molar-refractivity contribution is 6.00. The first-order valence-corrected chi connectivity index (χ1v) is 10.1. The molecule has 2 heterocycles. The highest BCUT2D eigenvalue weighted by Gasteiger charge is 2.35. The van der Waals surface area contributed by atoms with E-state index < -0.39 is 29.2 Å². The number of hydrogen-bond donors (Lipinski definition) is 3. The molecule has 8 heteroatoms. The van der Waals surface area contributed by atoms with E-state index in [0.717, 1.165) is 12.8 Å². The number of nitriles is 1. The van der Waals surface area contributed by atoms with Gasteiger partial charge in [-0.05, 0) is 37.5 Å². The summed E-state index contributed by atoms with van der Waals surface area (Å²) in [6.45, 7) is 1.60. The predicted octanol–water partition coefficient (Wildman–Crippen LogP) is 3.16. The number of aromatic nitrogens is 2. The van der Waals surface area contributed by atoms with Crippen molar-refractivity contribution in [2.45, 2.75) is 37.8 Å². The van der Waals surface area contributed by atoms with Gasteiger partial charge < -0.3 is 15.6 Å². The molecule has 1 unspecified atom stereocenters. The summed E-state index contributed by atoms with van der Waals surface area (Å²) in [7, 11) is 0. The average Bonchev–Trinajstić information content (AvgIpc) is 3.48. The van der Waals surface area contributed by atoms with Crippen LogP contribution in [0.1, 0.15) is 42.2 Å². The Bertz CT molecular complexity index is 1170. The van der Waals surface area contributed by atoms with Gasteiger partial charge in [-0.3, -0.25) is 14.6 Å². The Morgan fingerprint density at radius 3 is 2.81 bits per heavy atom. The fourth-order valence-corrected chi connectivity index (χ4v) is 3.55. The Labute approximate surface area is 178 Å². The van der Waals surface area contributed by atoms with E-state index in [1.807, 2.05) is 0 Å². The van der Waals surface area contributed by atoms with Crippen LogP contribution < -0.4 is 10.6 Å². The number of benzene rings is 1. The van der Waals surface area contributed by atoms with Crippen LogP contribution in [-0.2, 0) is 10.3 Å². The van der Waals surface area contributed by atoms with Crippen LogP contribution in [0, 0.1) is 23.1 Å². The summed E-state index contributed by atoms with van der Waals surface area (Å²) in [6, 6.07) is 10.8. The normalized spacial score (nSPS) is 16.2. The number of nitrogens with one attached hydrogen (secondary N) is 3. The number of carbonyl (C=O) groups is 2. The van der Waals surface area contributed by atoms with Crippen molar-refractivity contribution in [3.8, 4) is 6.07 Å². The van der Waals surface area contributed by atoms with Crippen LogP contribution in [0.25, 0.3) is 10.9 Å². The zero-order valence-corrected chi connectivity index (χ0v) is 17.0. The third-order valence-electron chi connectivity index (χ3n) is 5.57. The van der Waals surface area contributed by atoms with Gasteiger partial charge >= 0.3 is 0 Å². The van der Waals surface area contributed by atoms with Crippen molar-refractivity contribution < 1.29 is 14.0 Å². The quantitative estimate of drug-likeness (QED) is 0.546. The lowest BCUT2D eigenvalue weighted by molar-refractivity contribution is -0.124. The SMILES string of the molecule is CC(C#N)(NC(=O)[C@H](CC1CC1)NC(=O)c1cc2cccc(F)c2[nH]1)c1cccnc1. The van der Waals surface area contributed by atoms with Gasteiger partial charge in [0.1, 0.15) is 17.6 Å². The number of rotatable bonds is 7. The molecule has 7 nitrogen and oxygen atoms in total. The fourth-order valence-electron chi connectivity index (χ4n) is 3.55. The number of fused-ring (bicyclic) bond motifs is 1. The molecule has 0 spiro atoms. The minimum atomic E-state index is -1.29. The summed E-state index contributed by atoms with van der Waals surface area (Å²) in [5, 5.41) is 15.8. The second-order valence-corrected chi connectivity index (χ2v) is 8.06. The maximum atomic E-state index is 14.0. The van der Waals surface area contributed by atoms with Crippen LogP contribution in [-0.4, -0.2) is 27.8 Å². The molecule has 3 N–H and O–H groups in total. The maximum Gasteiger partial charge on any atom is 0.268 e. The van der Waals surface area contributed by atoms with Crippen LogP contribution >= 0.6 is 0 Å². The van der Waals surface area contributed by atoms with Crippen LogP contribution in [0.15, 0.2) is 48.8 Å². The lowest BCUT2D eigenvalue weighted by atomic mass is 9.94. The van der Waals surface area contributed by atoms with E-state index in [1.54, 1.807) is 43.5 Å². The van der Waals surface area contributed by atoms with Crippen molar-refractivity contribution >= 4 is 22.7 Å².